The van der Waals surface area contributed by atoms with E-state index >= 15 is 0 Å². The Bertz CT molecular complexity index is 1910. The van der Waals surface area contributed by atoms with Gasteiger partial charge in [0.15, 0.2) is 12.2 Å². The molecule has 3 N–H and O–H groups in total. The van der Waals surface area contributed by atoms with E-state index in [1.807, 2.05) is 0 Å². The molecule has 0 aliphatic rings. The molecule has 2 unspecified atom stereocenters. The molecule has 0 aromatic carbocycles. The van der Waals surface area contributed by atoms with Crippen molar-refractivity contribution >= 4 is 39.5 Å². The Morgan fingerprint density at radius 3 is 0.687 bits per heavy atom. The molecule has 0 rings (SSSR count). The van der Waals surface area contributed by atoms with Crippen molar-refractivity contribution in [2.45, 2.75) is 439 Å². The van der Waals surface area contributed by atoms with Gasteiger partial charge < -0.3 is 33.8 Å². The summed E-state index contributed by atoms with van der Waals surface area (Å²) in [5.74, 6) is -0.592. The minimum Gasteiger partial charge on any atom is -0.462 e. The molecule has 0 radical (unpaired) electrons. The SMILES string of the molecule is CCCCCCCCCCCCCCCCCCCCCCC(=O)O[C@H](COC(=O)CCCCCCCCCCCCCCCC(C)C)COP(=O)(O)OC[C@@H](O)COP(=O)(O)OC[C@@H](COC(=O)CCCCCCCCCCC(C)C)OC(=O)CCCCCCCCCCCCCC. The standard InChI is InChI=1S/C80H156O17P2/c1-7-9-11-13-15-17-19-21-22-23-24-25-26-27-30-35-39-47-53-59-65-80(85)96-75(68-90-77(82)62-56-50-44-37-34-31-28-29-32-36-42-48-54-60-72(3)4)70-94-98(86,87)92-66-74(81)67-93-99(88,89)95-71-76(69-91-78(83)63-57-51-45-41-40-43-49-55-61-73(5)6)97-79(84)64-58-52-46-38-33-20-18-16-14-12-10-8-2/h72-76,81H,7-71H2,1-6H3,(H,86,87)(H,88,89)/t74-,75-,76-/m1/s1. The highest BCUT2D eigenvalue weighted by molar-refractivity contribution is 7.47. The molecule has 588 valence electrons. The lowest BCUT2D eigenvalue weighted by Gasteiger charge is -2.21. The van der Waals surface area contributed by atoms with Gasteiger partial charge in [0, 0.05) is 25.7 Å². The third kappa shape index (κ3) is 74.1. The van der Waals surface area contributed by atoms with E-state index < -0.39 is 97.5 Å². The molecule has 99 heavy (non-hydrogen) atoms. The van der Waals surface area contributed by atoms with Crippen molar-refractivity contribution in [2.75, 3.05) is 39.6 Å². The van der Waals surface area contributed by atoms with E-state index in [2.05, 4.69) is 41.5 Å². The zero-order valence-corrected chi connectivity index (χ0v) is 66.6. The highest BCUT2D eigenvalue weighted by Gasteiger charge is 2.30. The first-order valence-corrected chi connectivity index (χ1v) is 44.5. The van der Waals surface area contributed by atoms with Crippen molar-refractivity contribution in [2.24, 2.45) is 11.8 Å². The van der Waals surface area contributed by atoms with Gasteiger partial charge in [-0.2, -0.15) is 0 Å². The lowest BCUT2D eigenvalue weighted by molar-refractivity contribution is -0.161. The molecule has 0 aromatic rings. The largest absolute Gasteiger partial charge is 0.472 e. The fourth-order valence-electron chi connectivity index (χ4n) is 12.4. The number of carbonyl (C=O) groups excluding carboxylic acids is 4. The monoisotopic (exact) mass is 1450 g/mol. The molecule has 17 nitrogen and oxygen atoms in total. The maximum absolute atomic E-state index is 13.1. The van der Waals surface area contributed by atoms with E-state index in [4.69, 9.17) is 37.0 Å². The quantitative estimate of drug-likeness (QED) is 0.0222. The average Bonchev–Trinajstić information content (AvgIpc) is 0.988. The number of ether oxygens (including phenoxy) is 4. The summed E-state index contributed by atoms with van der Waals surface area (Å²) >= 11 is 0. The Morgan fingerprint density at radius 1 is 0.273 bits per heavy atom. The van der Waals surface area contributed by atoms with E-state index in [9.17, 15) is 43.2 Å². The normalized spacial score (nSPS) is 13.9. The van der Waals surface area contributed by atoms with Crippen molar-refractivity contribution in [3.05, 3.63) is 0 Å². The molecule has 5 atom stereocenters. The van der Waals surface area contributed by atoms with E-state index in [0.29, 0.717) is 25.7 Å². The number of phosphoric acid groups is 2. The molecule has 19 heteroatoms. The molecular weight excluding hydrogens is 1290 g/mol. The molecule has 0 saturated carbocycles. The lowest BCUT2D eigenvalue weighted by atomic mass is 10.0. The molecule has 0 heterocycles. The van der Waals surface area contributed by atoms with Gasteiger partial charge in [-0.05, 0) is 37.5 Å². The zero-order valence-electron chi connectivity index (χ0n) is 64.8. The number of aliphatic hydroxyl groups excluding tert-OH is 1. The van der Waals surface area contributed by atoms with Crippen LogP contribution in [-0.4, -0.2) is 96.7 Å². The van der Waals surface area contributed by atoms with Gasteiger partial charge in [0.2, 0.25) is 0 Å². The number of hydrogen-bond donors (Lipinski definition) is 3. The Balaban J connectivity index is 5.23. The number of hydrogen-bond acceptors (Lipinski definition) is 15. The maximum atomic E-state index is 13.1. The fraction of sp³-hybridized carbons (Fsp3) is 0.950. The van der Waals surface area contributed by atoms with Crippen LogP contribution in [0.3, 0.4) is 0 Å². The number of esters is 4. The number of aliphatic hydroxyl groups is 1. The fourth-order valence-corrected chi connectivity index (χ4v) is 13.9. The summed E-state index contributed by atoms with van der Waals surface area (Å²) in [6.07, 6.45) is 61.1. The van der Waals surface area contributed by atoms with Crippen molar-refractivity contribution in [1.82, 2.24) is 0 Å². The topological polar surface area (TPSA) is 237 Å². The minimum absolute atomic E-state index is 0.107. The predicted octanol–water partition coefficient (Wildman–Crippen LogP) is 23.9. The first-order valence-electron chi connectivity index (χ1n) is 41.5. The predicted molar refractivity (Wildman–Crippen MR) is 405 cm³/mol. The smallest absolute Gasteiger partial charge is 0.462 e. The van der Waals surface area contributed by atoms with E-state index in [1.165, 1.54) is 238 Å². The Hall–Kier alpha value is -1.94. The Morgan fingerprint density at radius 2 is 0.465 bits per heavy atom. The molecule has 0 aliphatic carbocycles. The van der Waals surface area contributed by atoms with Crippen LogP contribution in [0.25, 0.3) is 0 Å². The van der Waals surface area contributed by atoms with Crippen LogP contribution in [0.15, 0.2) is 0 Å². The Kier molecular flexibility index (Phi) is 70.3. The van der Waals surface area contributed by atoms with Gasteiger partial charge >= 0.3 is 39.5 Å². The molecule has 0 fully saturated rings. The third-order valence-corrected chi connectivity index (χ3v) is 20.6. The first kappa shape index (κ1) is 97.1. The summed E-state index contributed by atoms with van der Waals surface area (Å²) in [6, 6.07) is 0. The molecule has 0 spiro atoms. The van der Waals surface area contributed by atoms with Crippen LogP contribution in [-0.2, 0) is 65.4 Å². The van der Waals surface area contributed by atoms with Gasteiger partial charge in [0.1, 0.15) is 19.3 Å². The van der Waals surface area contributed by atoms with Gasteiger partial charge in [0.25, 0.3) is 0 Å². The van der Waals surface area contributed by atoms with Crippen LogP contribution >= 0.6 is 15.6 Å². The van der Waals surface area contributed by atoms with Crippen LogP contribution < -0.4 is 0 Å². The zero-order chi connectivity index (χ0) is 72.8. The van der Waals surface area contributed by atoms with Crippen LogP contribution in [0.2, 0.25) is 0 Å². The summed E-state index contributed by atoms with van der Waals surface area (Å²) < 4.78 is 68.7. The average molecular weight is 1450 g/mol. The van der Waals surface area contributed by atoms with Crippen molar-refractivity contribution in [3.63, 3.8) is 0 Å². The summed E-state index contributed by atoms with van der Waals surface area (Å²) in [6.45, 7) is 9.61. The first-order chi connectivity index (χ1) is 47.9. The highest BCUT2D eigenvalue weighted by atomic mass is 31.2. The molecule has 0 aliphatic heterocycles. The van der Waals surface area contributed by atoms with Crippen LogP contribution in [0, 0.1) is 11.8 Å². The van der Waals surface area contributed by atoms with E-state index in [0.717, 1.165) is 102 Å². The van der Waals surface area contributed by atoms with Gasteiger partial charge in [-0.1, -0.05) is 369 Å². The van der Waals surface area contributed by atoms with Crippen molar-refractivity contribution in [1.29, 1.82) is 0 Å². The van der Waals surface area contributed by atoms with E-state index in [-0.39, 0.29) is 25.7 Å². The summed E-state index contributed by atoms with van der Waals surface area (Å²) in [7, 11) is -9.92. The summed E-state index contributed by atoms with van der Waals surface area (Å²) in [4.78, 5) is 73.0. The van der Waals surface area contributed by atoms with Crippen molar-refractivity contribution < 1.29 is 80.2 Å². The van der Waals surface area contributed by atoms with Gasteiger partial charge in [0.05, 0.1) is 26.4 Å². The van der Waals surface area contributed by atoms with Gasteiger partial charge in [-0.15, -0.1) is 0 Å². The second-order valence-electron chi connectivity index (χ2n) is 29.8. The number of unbranched alkanes of at least 4 members (excludes halogenated alkanes) is 49. The molecule has 0 aromatic heterocycles. The number of carbonyl (C=O) groups is 4. The van der Waals surface area contributed by atoms with Gasteiger partial charge in [-0.3, -0.25) is 37.3 Å². The maximum Gasteiger partial charge on any atom is 0.472 e. The highest BCUT2D eigenvalue weighted by Crippen LogP contribution is 2.45. The summed E-state index contributed by atoms with van der Waals surface area (Å²) in [5.41, 5.74) is 0. The second kappa shape index (κ2) is 71.7. The second-order valence-corrected chi connectivity index (χ2v) is 32.7. The number of rotatable bonds is 79. The lowest BCUT2D eigenvalue weighted by Crippen LogP contribution is -2.30. The molecule has 0 bridgehead atoms. The molecule has 0 amide bonds. The van der Waals surface area contributed by atoms with Crippen LogP contribution in [0.4, 0.5) is 0 Å². The molecular formula is C80H156O17P2. The van der Waals surface area contributed by atoms with Crippen molar-refractivity contribution in [3.8, 4) is 0 Å². The molecule has 0 saturated heterocycles. The number of phosphoric ester groups is 2. The van der Waals surface area contributed by atoms with Crippen LogP contribution in [0.5, 0.6) is 0 Å². The Labute approximate surface area is 607 Å². The minimum atomic E-state index is -4.96. The summed E-state index contributed by atoms with van der Waals surface area (Å²) in [5, 5.41) is 10.6. The van der Waals surface area contributed by atoms with Gasteiger partial charge in [-0.25, -0.2) is 9.13 Å². The third-order valence-electron chi connectivity index (χ3n) is 18.7. The van der Waals surface area contributed by atoms with Crippen LogP contribution in [0.1, 0.15) is 420 Å². The van der Waals surface area contributed by atoms with E-state index in [1.54, 1.807) is 0 Å².